The van der Waals surface area contributed by atoms with Crippen LogP contribution in [0.25, 0.3) is 11.4 Å². The first-order chi connectivity index (χ1) is 13.5. The van der Waals surface area contributed by atoms with Crippen LogP contribution < -0.4 is 5.32 Å². The molecule has 6 heteroatoms. The van der Waals surface area contributed by atoms with E-state index in [1.54, 1.807) is 12.1 Å². The van der Waals surface area contributed by atoms with Gasteiger partial charge in [0.1, 0.15) is 11.9 Å². The number of nitrogens with one attached hydrogen (secondary N) is 1. The molecule has 3 rings (SSSR count). The van der Waals surface area contributed by atoms with Crippen LogP contribution in [-0.2, 0) is 11.2 Å². The minimum Gasteiger partial charge on any atom is -0.344 e. The number of carbonyl (C=O) groups excluding carboxylic acids is 1. The number of hydrogen-bond acceptors (Lipinski definition) is 4. The Morgan fingerprint density at radius 1 is 1.14 bits per heavy atom. The number of benzene rings is 2. The van der Waals surface area contributed by atoms with Gasteiger partial charge in [0, 0.05) is 5.56 Å². The van der Waals surface area contributed by atoms with Crippen LogP contribution in [0.4, 0.5) is 4.39 Å². The number of carbonyl (C=O) groups is 1. The molecule has 2 atom stereocenters. The fourth-order valence-electron chi connectivity index (χ4n) is 2.88. The van der Waals surface area contributed by atoms with Crippen molar-refractivity contribution in [3.05, 3.63) is 71.4 Å². The normalized spacial score (nSPS) is 13.1. The van der Waals surface area contributed by atoms with E-state index in [4.69, 9.17) is 4.52 Å². The fourth-order valence-corrected chi connectivity index (χ4v) is 2.88. The summed E-state index contributed by atoms with van der Waals surface area (Å²) in [4.78, 5) is 17.0. The highest BCUT2D eigenvalue weighted by atomic mass is 19.1. The number of aromatic nitrogens is 2. The molecule has 1 aromatic heterocycles. The van der Waals surface area contributed by atoms with Gasteiger partial charge in [-0.1, -0.05) is 67.4 Å². The summed E-state index contributed by atoms with van der Waals surface area (Å²) in [5, 5.41) is 7.07. The highest BCUT2D eigenvalue weighted by Crippen LogP contribution is 2.26. The number of rotatable bonds is 7. The molecular weight excluding hydrogens is 357 g/mol. The van der Waals surface area contributed by atoms with Crippen molar-refractivity contribution >= 4 is 5.91 Å². The maximum Gasteiger partial charge on any atom is 0.249 e. The first-order valence-electron chi connectivity index (χ1n) is 9.40. The van der Waals surface area contributed by atoms with Gasteiger partial charge in [0.25, 0.3) is 0 Å². The largest absolute Gasteiger partial charge is 0.344 e. The van der Waals surface area contributed by atoms with E-state index in [2.05, 4.69) is 15.5 Å². The first-order valence-corrected chi connectivity index (χ1v) is 9.40. The summed E-state index contributed by atoms with van der Waals surface area (Å²) in [6.45, 7) is 6.08. The Bertz CT molecular complexity index is 920. The second-order valence-corrected chi connectivity index (χ2v) is 7.06. The van der Waals surface area contributed by atoms with Gasteiger partial charge >= 0.3 is 0 Å². The Labute approximate surface area is 164 Å². The molecule has 0 saturated heterocycles. The van der Waals surface area contributed by atoms with Crippen molar-refractivity contribution in [3.63, 3.8) is 0 Å². The predicted octanol–water partition coefficient (Wildman–Crippen LogP) is 4.63. The van der Waals surface area contributed by atoms with Gasteiger partial charge in [0.2, 0.25) is 17.6 Å². The zero-order valence-corrected chi connectivity index (χ0v) is 16.3. The van der Waals surface area contributed by atoms with Crippen molar-refractivity contribution in [2.75, 3.05) is 0 Å². The monoisotopic (exact) mass is 381 g/mol. The van der Waals surface area contributed by atoms with E-state index in [0.717, 1.165) is 23.1 Å². The summed E-state index contributed by atoms with van der Waals surface area (Å²) in [7, 11) is 0. The molecule has 0 radical (unpaired) electrons. The molecule has 0 aliphatic rings. The van der Waals surface area contributed by atoms with E-state index in [-0.39, 0.29) is 30.1 Å². The molecule has 28 heavy (non-hydrogen) atoms. The van der Waals surface area contributed by atoms with Crippen molar-refractivity contribution in [1.82, 2.24) is 15.5 Å². The van der Waals surface area contributed by atoms with Crippen molar-refractivity contribution in [2.45, 2.75) is 39.7 Å². The second-order valence-electron chi connectivity index (χ2n) is 7.06. The maximum atomic E-state index is 13.0. The number of amides is 1. The topological polar surface area (TPSA) is 68.0 Å². The lowest BCUT2D eigenvalue weighted by molar-refractivity contribution is -0.121. The third-order valence-electron chi connectivity index (χ3n) is 4.82. The molecule has 1 heterocycles. The molecule has 0 saturated carbocycles. The van der Waals surface area contributed by atoms with Crippen molar-refractivity contribution in [3.8, 4) is 11.4 Å². The third kappa shape index (κ3) is 4.82. The molecule has 0 unspecified atom stereocenters. The average Bonchev–Trinajstić information content (AvgIpc) is 3.17. The summed E-state index contributed by atoms with van der Waals surface area (Å²) in [5.74, 6) is 0.500. The van der Waals surface area contributed by atoms with Crippen LogP contribution in [0.3, 0.4) is 0 Å². The van der Waals surface area contributed by atoms with Crippen LogP contribution in [-0.4, -0.2) is 16.0 Å². The molecule has 0 aliphatic heterocycles. The lowest BCUT2D eigenvalue weighted by Gasteiger charge is -2.20. The van der Waals surface area contributed by atoms with Crippen molar-refractivity contribution < 1.29 is 13.7 Å². The molecule has 0 spiro atoms. The van der Waals surface area contributed by atoms with Crippen molar-refractivity contribution in [1.29, 1.82) is 0 Å². The van der Waals surface area contributed by atoms with Gasteiger partial charge in [0.15, 0.2) is 0 Å². The van der Waals surface area contributed by atoms with Gasteiger partial charge in [0.05, 0.1) is 6.42 Å². The lowest BCUT2D eigenvalue weighted by atomic mass is 9.98. The zero-order valence-electron chi connectivity index (χ0n) is 16.3. The highest BCUT2D eigenvalue weighted by Gasteiger charge is 2.26. The zero-order chi connectivity index (χ0) is 20.1. The van der Waals surface area contributed by atoms with Gasteiger partial charge in [-0.3, -0.25) is 4.79 Å². The number of hydrogen-bond donors (Lipinski definition) is 1. The third-order valence-corrected chi connectivity index (χ3v) is 4.82. The van der Waals surface area contributed by atoms with E-state index in [1.165, 1.54) is 12.1 Å². The van der Waals surface area contributed by atoms with Gasteiger partial charge in [-0.15, -0.1) is 0 Å². The van der Waals surface area contributed by atoms with Crippen LogP contribution >= 0.6 is 0 Å². The van der Waals surface area contributed by atoms with E-state index in [9.17, 15) is 9.18 Å². The molecular formula is C22H24FN3O2. The van der Waals surface area contributed by atoms with E-state index >= 15 is 0 Å². The van der Waals surface area contributed by atoms with Gasteiger partial charge in [-0.05, 0) is 30.5 Å². The van der Waals surface area contributed by atoms with Gasteiger partial charge in [-0.2, -0.15) is 4.98 Å². The smallest absolute Gasteiger partial charge is 0.249 e. The lowest BCUT2D eigenvalue weighted by Crippen LogP contribution is -2.33. The molecule has 3 aromatic rings. The Morgan fingerprint density at radius 3 is 2.46 bits per heavy atom. The Kier molecular flexibility index (Phi) is 6.19. The summed E-state index contributed by atoms with van der Waals surface area (Å²) in [6, 6.07) is 13.4. The maximum absolute atomic E-state index is 13.0. The fraction of sp³-hybridized carbons (Fsp3) is 0.318. The highest BCUT2D eigenvalue weighted by molar-refractivity contribution is 5.79. The van der Waals surface area contributed by atoms with E-state index in [0.29, 0.717) is 11.7 Å². The van der Waals surface area contributed by atoms with Crippen LogP contribution in [0.15, 0.2) is 53.1 Å². The predicted molar refractivity (Wildman–Crippen MR) is 105 cm³/mol. The Hall–Kier alpha value is -3.02. The molecule has 5 nitrogen and oxygen atoms in total. The molecule has 0 bridgehead atoms. The summed E-state index contributed by atoms with van der Waals surface area (Å²) >= 11 is 0. The van der Waals surface area contributed by atoms with Crippen LogP contribution in [0.2, 0.25) is 0 Å². The quantitative estimate of drug-likeness (QED) is 0.648. The van der Waals surface area contributed by atoms with E-state index in [1.807, 2.05) is 45.0 Å². The first kappa shape index (κ1) is 19.7. The SMILES string of the molecule is CC[C@@H](C)[C@@H](NC(=O)Cc1ccc(F)cc1)c1nc(-c2ccc(C)cc2)no1. The van der Waals surface area contributed by atoms with Gasteiger partial charge in [-0.25, -0.2) is 4.39 Å². The van der Waals surface area contributed by atoms with Crippen LogP contribution in [0.5, 0.6) is 0 Å². The molecule has 2 aromatic carbocycles. The van der Waals surface area contributed by atoms with Crippen LogP contribution in [0, 0.1) is 18.7 Å². The Morgan fingerprint density at radius 2 is 1.82 bits per heavy atom. The molecule has 1 amide bonds. The summed E-state index contributed by atoms with van der Waals surface area (Å²) in [5.41, 5.74) is 2.76. The van der Waals surface area contributed by atoms with Gasteiger partial charge < -0.3 is 9.84 Å². The van der Waals surface area contributed by atoms with Crippen molar-refractivity contribution in [2.24, 2.45) is 5.92 Å². The minimum atomic E-state index is -0.385. The Balaban J connectivity index is 1.75. The summed E-state index contributed by atoms with van der Waals surface area (Å²) in [6.07, 6.45) is 0.996. The molecule has 1 N–H and O–H groups in total. The number of halogens is 1. The number of aryl methyl sites for hydroxylation is 1. The molecule has 0 aliphatic carbocycles. The second kappa shape index (κ2) is 8.78. The minimum absolute atomic E-state index is 0.114. The average molecular weight is 381 g/mol. The van der Waals surface area contributed by atoms with E-state index < -0.39 is 0 Å². The van der Waals surface area contributed by atoms with Crippen LogP contribution in [0.1, 0.15) is 43.3 Å². The number of nitrogens with zero attached hydrogens (tertiary/aromatic N) is 2. The molecule has 0 fully saturated rings. The summed E-state index contributed by atoms with van der Waals surface area (Å²) < 4.78 is 18.5. The molecule has 146 valence electrons. The standard InChI is InChI=1S/C22H24FN3O2/c1-4-15(3)20(24-19(27)13-16-7-11-18(23)12-8-16)22-25-21(26-28-22)17-9-5-14(2)6-10-17/h5-12,15,20H,4,13H2,1-3H3,(H,24,27)/t15-,20-/m1/s1.